The first kappa shape index (κ1) is 19.2. The van der Waals surface area contributed by atoms with E-state index in [9.17, 15) is 10.1 Å². The molecule has 2 aromatic carbocycles. The number of nitro benzene ring substituents is 1. The highest BCUT2D eigenvalue weighted by atomic mass is 35.5. The van der Waals surface area contributed by atoms with Crippen molar-refractivity contribution in [3.63, 3.8) is 0 Å². The molecule has 0 spiro atoms. The number of nitro groups is 1. The van der Waals surface area contributed by atoms with Crippen molar-refractivity contribution in [1.29, 1.82) is 0 Å². The molecule has 3 rings (SSSR count). The van der Waals surface area contributed by atoms with Gasteiger partial charge in [-0.05, 0) is 37.3 Å². The summed E-state index contributed by atoms with van der Waals surface area (Å²) in [6.45, 7) is 3.50. The molecule has 7 nitrogen and oxygen atoms in total. The van der Waals surface area contributed by atoms with Gasteiger partial charge in [0.2, 0.25) is 0 Å². The van der Waals surface area contributed by atoms with E-state index >= 15 is 0 Å². The van der Waals surface area contributed by atoms with Crippen LogP contribution in [0, 0.1) is 10.1 Å². The largest absolute Gasteiger partial charge is 0.486 e. The number of nitrogens with one attached hydrogen (secondary N) is 1. The van der Waals surface area contributed by atoms with Crippen molar-refractivity contribution in [3.05, 3.63) is 57.6 Å². The van der Waals surface area contributed by atoms with Crippen molar-refractivity contribution < 1.29 is 14.4 Å². The lowest BCUT2D eigenvalue weighted by Gasteiger charge is -2.32. The zero-order valence-corrected chi connectivity index (χ0v) is 16.1. The topological polar surface area (TPSA) is 76.9 Å². The maximum Gasteiger partial charge on any atom is 0.271 e. The van der Waals surface area contributed by atoms with Gasteiger partial charge in [0.15, 0.2) is 22.7 Å². The van der Waals surface area contributed by atoms with E-state index in [0.29, 0.717) is 41.3 Å². The molecule has 27 heavy (non-hydrogen) atoms. The van der Waals surface area contributed by atoms with E-state index in [1.165, 1.54) is 18.2 Å². The lowest BCUT2D eigenvalue weighted by molar-refractivity contribution is -0.384. The minimum Gasteiger partial charge on any atom is -0.486 e. The highest BCUT2D eigenvalue weighted by Crippen LogP contribution is 2.31. The van der Waals surface area contributed by atoms with Crippen molar-refractivity contribution in [2.75, 3.05) is 25.0 Å². The molecular formula is C18H18ClN3O4S. The molecule has 0 saturated carbocycles. The predicted molar refractivity (Wildman–Crippen MR) is 108 cm³/mol. The third-order valence-electron chi connectivity index (χ3n) is 4.06. The second-order valence-electron chi connectivity index (χ2n) is 5.89. The van der Waals surface area contributed by atoms with Gasteiger partial charge in [-0.2, -0.15) is 0 Å². The average Bonchev–Trinajstić information content (AvgIpc) is 2.67. The van der Waals surface area contributed by atoms with Crippen LogP contribution in [0.4, 0.5) is 11.4 Å². The van der Waals surface area contributed by atoms with Crippen molar-refractivity contribution in [3.8, 4) is 11.5 Å². The lowest BCUT2D eigenvalue weighted by atomic mass is 10.2. The van der Waals surface area contributed by atoms with Gasteiger partial charge in [0, 0.05) is 18.7 Å². The van der Waals surface area contributed by atoms with Gasteiger partial charge in [-0.1, -0.05) is 23.7 Å². The second kappa shape index (κ2) is 8.41. The van der Waals surface area contributed by atoms with Crippen LogP contribution < -0.4 is 14.8 Å². The van der Waals surface area contributed by atoms with E-state index in [0.717, 1.165) is 5.75 Å². The van der Waals surface area contributed by atoms with Crippen LogP contribution in [0.5, 0.6) is 11.5 Å². The van der Waals surface area contributed by atoms with Gasteiger partial charge in [0.1, 0.15) is 6.61 Å². The average molecular weight is 408 g/mol. The number of anilines is 1. The summed E-state index contributed by atoms with van der Waals surface area (Å²) >= 11 is 11.6. The van der Waals surface area contributed by atoms with E-state index in [4.69, 9.17) is 33.3 Å². The molecule has 1 heterocycles. The molecular weight excluding hydrogens is 390 g/mol. The summed E-state index contributed by atoms with van der Waals surface area (Å²) in [4.78, 5) is 12.4. The fourth-order valence-electron chi connectivity index (χ4n) is 2.67. The van der Waals surface area contributed by atoms with Gasteiger partial charge in [0.05, 0.1) is 22.2 Å². The summed E-state index contributed by atoms with van der Waals surface area (Å²) in [5, 5.41) is 14.7. The smallest absolute Gasteiger partial charge is 0.271 e. The van der Waals surface area contributed by atoms with Crippen molar-refractivity contribution >= 4 is 40.3 Å². The molecule has 142 valence electrons. The van der Waals surface area contributed by atoms with E-state index in [-0.39, 0.29) is 11.8 Å². The van der Waals surface area contributed by atoms with Crippen molar-refractivity contribution in [2.24, 2.45) is 0 Å². The molecule has 0 saturated heterocycles. The first-order chi connectivity index (χ1) is 13.0. The van der Waals surface area contributed by atoms with Gasteiger partial charge in [-0.3, -0.25) is 10.1 Å². The van der Waals surface area contributed by atoms with E-state index in [1.807, 2.05) is 36.1 Å². The summed E-state index contributed by atoms with van der Waals surface area (Å²) in [6, 6.07) is 11.7. The number of nitrogens with zero attached hydrogens (tertiary/aromatic N) is 2. The minimum absolute atomic E-state index is 0.0617. The Balaban J connectivity index is 1.67. The Kier molecular flexibility index (Phi) is 5.98. The zero-order valence-electron chi connectivity index (χ0n) is 14.6. The Hall–Kier alpha value is -2.58. The van der Waals surface area contributed by atoms with Crippen LogP contribution in [-0.2, 0) is 0 Å². The Bertz CT molecular complexity index is 864. The summed E-state index contributed by atoms with van der Waals surface area (Å²) < 4.78 is 11.7. The van der Waals surface area contributed by atoms with Gasteiger partial charge < -0.3 is 19.7 Å². The number of para-hydroxylation sites is 2. The van der Waals surface area contributed by atoms with Gasteiger partial charge >= 0.3 is 0 Å². The zero-order chi connectivity index (χ0) is 19.4. The maximum absolute atomic E-state index is 11.0. The van der Waals surface area contributed by atoms with E-state index in [2.05, 4.69) is 5.32 Å². The molecule has 1 aliphatic rings. The first-order valence-electron chi connectivity index (χ1n) is 8.36. The highest BCUT2D eigenvalue weighted by molar-refractivity contribution is 7.80. The molecule has 0 aliphatic carbocycles. The molecule has 0 fully saturated rings. The van der Waals surface area contributed by atoms with Crippen molar-refractivity contribution in [1.82, 2.24) is 4.90 Å². The van der Waals surface area contributed by atoms with Crippen LogP contribution in [0.25, 0.3) is 0 Å². The fourth-order valence-corrected chi connectivity index (χ4v) is 3.15. The number of likely N-dealkylation sites (N-methyl/N-ethyl adjacent to an activating group) is 1. The summed E-state index contributed by atoms with van der Waals surface area (Å²) in [5.74, 6) is 1.42. The number of non-ortho nitro benzene ring substituents is 1. The van der Waals surface area contributed by atoms with Crippen LogP contribution in [0.1, 0.15) is 6.92 Å². The summed E-state index contributed by atoms with van der Waals surface area (Å²) in [5.41, 5.74) is 0.328. The van der Waals surface area contributed by atoms with Crippen LogP contribution in [0.2, 0.25) is 5.02 Å². The molecule has 0 bridgehead atoms. The summed E-state index contributed by atoms with van der Waals surface area (Å²) in [6.07, 6.45) is -0.194. The number of benzene rings is 2. The van der Waals surface area contributed by atoms with Gasteiger partial charge in [-0.15, -0.1) is 0 Å². The Labute approximate surface area is 167 Å². The van der Waals surface area contributed by atoms with Gasteiger partial charge in [-0.25, -0.2) is 0 Å². The third-order valence-corrected chi connectivity index (χ3v) is 4.75. The number of ether oxygens (including phenoxy) is 2. The molecule has 9 heteroatoms. The van der Waals surface area contributed by atoms with E-state index in [1.54, 1.807) is 0 Å². The van der Waals surface area contributed by atoms with Crippen LogP contribution in [0.3, 0.4) is 0 Å². The molecule has 0 radical (unpaired) electrons. The molecule has 1 atom stereocenters. The Morgan fingerprint density at radius 1 is 1.37 bits per heavy atom. The number of fused-ring (bicyclic) bond motifs is 1. The molecule has 0 amide bonds. The molecule has 0 unspecified atom stereocenters. The molecule has 0 aromatic heterocycles. The Morgan fingerprint density at radius 2 is 2.11 bits per heavy atom. The molecule has 1 N–H and O–H groups in total. The molecule has 2 aromatic rings. The molecule has 1 aliphatic heterocycles. The highest BCUT2D eigenvalue weighted by Gasteiger charge is 2.24. The van der Waals surface area contributed by atoms with Crippen LogP contribution in [0.15, 0.2) is 42.5 Å². The van der Waals surface area contributed by atoms with Gasteiger partial charge in [0.25, 0.3) is 5.69 Å². The normalized spacial score (nSPS) is 15.1. The fraction of sp³-hybridized carbons (Fsp3) is 0.278. The maximum atomic E-state index is 11.0. The Morgan fingerprint density at radius 3 is 2.81 bits per heavy atom. The van der Waals surface area contributed by atoms with Crippen LogP contribution in [-0.4, -0.2) is 40.7 Å². The van der Waals surface area contributed by atoms with Crippen LogP contribution >= 0.6 is 23.8 Å². The lowest BCUT2D eigenvalue weighted by Crippen LogP contribution is -2.45. The quantitative estimate of drug-likeness (QED) is 0.454. The van der Waals surface area contributed by atoms with E-state index < -0.39 is 4.92 Å². The standard InChI is InChI=1S/C18H18ClN3O4S/c1-2-21(10-13-11-25-16-5-3-4-6-17(16)26-13)18(27)20-15-9-12(22(23)24)7-8-14(15)19/h3-9,13H,2,10-11H2,1H3,(H,20,27)/t13-/m1/s1. The number of hydrogen-bond acceptors (Lipinski definition) is 5. The predicted octanol–water partition coefficient (Wildman–Crippen LogP) is 4.11. The first-order valence-corrected chi connectivity index (χ1v) is 9.15. The third kappa shape index (κ3) is 4.58. The van der Waals surface area contributed by atoms with Crippen molar-refractivity contribution in [2.45, 2.75) is 13.0 Å². The minimum atomic E-state index is -0.479. The number of hydrogen-bond donors (Lipinski definition) is 1. The number of thiocarbonyl (C=S) groups is 1. The number of rotatable bonds is 5. The monoisotopic (exact) mass is 407 g/mol. The second-order valence-corrected chi connectivity index (χ2v) is 6.68. The number of halogens is 1. The summed E-state index contributed by atoms with van der Waals surface area (Å²) in [7, 11) is 0. The SMILES string of the molecule is CCN(C[C@@H]1COc2ccccc2O1)C(=S)Nc1cc([N+](=O)[O-])ccc1Cl.